The van der Waals surface area contributed by atoms with Crippen LogP contribution in [0.25, 0.3) is 0 Å². The molecule has 1 heterocycles. The van der Waals surface area contributed by atoms with E-state index in [4.69, 9.17) is 5.73 Å². The van der Waals surface area contributed by atoms with Crippen molar-refractivity contribution in [2.45, 2.75) is 40.0 Å². The van der Waals surface area contributed by atoms with E-state index in [0.717, 1.165) is 24.3 Å². The fourth-order valence-electron chi connectivity index (χ4n) is 2.84. The molecule has 3 nitrogen and oxygen atoms in total. The number of fused-ring (bicyclic) bond motifs is 1. The van der Waals surface area contributed by atoms with E-state index in [2.05, 4.69) is 26.2 Å². The lowest BCUT2D eigenvalue weighted by molar-refractivity contribution is 0.0739. The van der Waals surface area contributed by atoms with Crippen molar-refractivity contribution in [1.29, 1.82) is 0 Å². The zero-order valence-electron chi connectivity index (χ0n) is 13.0. The number of nitrogens with two attached hydrogens (primary N) is 1. The third-order valence-electron chi connectivity index (χ3n) is 4.20. The molecular formula is C16H26N2OS. The molecular weight excluding hydrogens is 268 g/mol. The maximum absolute atomic E-state index is 12.6. The number of amides is 1. The molecule has 20 heavy (non-hydrogen) atoms. The first-order chi connectivity index (χ1) is 9.34. The molecule has 0 bridgehead atoms. The van der Waals surface area contributed by atoms with Gasteiger partial charge in [-0.1, -0.05) is 20.8 Å². The Balaban J connectivity index is 2.14. The first kappa shape index (κ1) is 15.5. The average molecular weight is 294 g/mol. The number of thiophene rings is 1. The summed E-state index contributed by atoms with van der Waals surface area (Å²) in [6.45, 7) is 7.77. The number of carbonyl (C=O) groups excluding carboxylic acids is 1. The summed E-state index contributed by atoms with van der Waals surface area (Å²) in [6, 6.07) is 0. The Morgan fingerprint density at radius 2 is 2.25 bits per heavy atom. The average Bonchev–Trinajstić information content (AvgIpc) is 2.80. The van der Waals surface area contributed by atoms with Crippen molar-refractivity contribution in [3.63, 3.8) is 0 Å². The lowest BCUT2D eigenvalue weighted by Gasteiger charge is -2.29. The molecule has 2 N–H and O–H groups in total. The van der Waals surface area contributed by atoms with Gasteiger partial charge < -0.3 is 10.6 Å². The number of nitrogens with zero attached hydrogens (tertiary/aromatic N) is 1. The van der Waals surface area contributed by atoms with E-state index in [1.54, 1.807) is 11.3 Å². The molecule has 1 aliphatic rings. The highest BCUT2D eigenvalue weighted by Crippen LogP contribution is 2.33. The lowest BCUT2D eigenvalue weighted by atomic mass is 9.88. The van der Waals surface area contributed by atoms with Crippen LogP contribution in [0.4, 0.5) is 0 Å². The highest BCUT2D eigenvalue weighted by molar-refractivity contribution is 7.10. The van der Waals surface area contributed by atoms with Gasteiger partial charge in [0.15, 0.2) is 0 Å². The van der Waals surface area contributed by atoms with Gasteiger partial charge in [-0.05, 0) is 42.7 Å². The second-order valence-electron chi connectivity index (χ2n) is 6.93. The second-order valence-corrected chi connectivity index (χ2v) is 7.89. The summed E-state index contributed by atoms with van der Waals surface area (Å²) in [5, 5.41) is 2.05. The smallest absolute Gasteiger partial charge is 0.254 e. The van der Waals surface area contributed by atoms with E-state index in [-0.39, 0.29) is 11.3 Å². The van der Waals surface area contributed by atoms with Crippen LogP contribution in [0.3, 0.4) is 0 Å². The van der Waals surface area contributed by atoms with Crippen molar-refractivity contribution < 1.29 is 4.79 Å². The Morgan fingerprint density at radius 3 is 2.90 bits per heavy atom. The SMILES string of the molecule is CC1CCc2c(C(=O)N(C)CC(C)(C)CN)csc2C1. The molecule has 1 atom stereocenters. The van der Waals surface area contributed by atoms with Crippen LogP contribution in [-0.2, 0) is 12.8 Å². The molecule has 1 aromatic rings. The van der Waals surface area contributed by atoms with E-state index >= 15 is 0 Å². The zero-order chi connectivity index (χ0) is 14.9. The molecule has 0 aromatic carbocycles. The molecule has 0 aliphatic heterocycles. The molecule has 112 valence electrons. The number of carbonyl (C=O) groups is 1. The van der Waals surface area contributed by atoms with Gasteiger partial charge in [0, 0.05) is 23.8 Å². The van der Waals surface area contributed by atoms with Crippen LogP contribution in [0, 0.1) is 11.3 Å². The van der Waals surface area contributed by atoms with Gasteiger partial charge in [-0.25, -0.2) is 0 Å². The summed E-state index contributed by atoms with van der Waals surface area (Å²) in [5.74, 6) is 0.900. The van der Waals surface area contributed by atoms with Gasteiger partial charge in [-0.3, -0.25) is 4.79 Å². The van der Waals surface area contributed by atoms with Gasteiger partial charge in [0.1, 0.15) is 0 Å². The molecule has 0 saturated heterocycles. The summed E-state index contributed by atoms with van der Waals surface area (Å²) >= 11 is 1.75. The van der Waals surface area contributed by atoms with Crippen LogP contribution in [0.5, 0.6) is 0 Å². The highest BCUT2D eigenvalue weighted by Gasteiger charge is 2.27. The van der Waals surface area contributed by atoms with Gasteiger partial charge in [0.25, 0.3) is 5.91 Å². The van der Waals surface area contributed by atoms with Crippen molar-refractivity contribution in [3.05, 3.63) is 21.4 Å². The van der Waals surface area contributed by atoms with Gasteiger partial charge in [-0.2, -0.15) is 0 Å². The third-order valence-corrected chi connectivity index (χ3v) is 5.25. The molecule has 0 saturated carbocycles. The molecule has 1 amide bonds. The standard InChI is InChI=1S/C16H26N2OS/c1-11-5-6-12-13(8-20-14(12)7-11)15(19)18(4)10-16(2,3)9-17/h8,11H,5-7,9-10,17H2,1-4H3. The Morgan fingerprint density at radius 1 is 1.55 bits per heavy atom. The zero-order valence-corrected chi connectivity index (χ0v) is 13.8. The molecule has 0 spiro atoms. The predicted molar refractivity (Wildman–Crippen MR) is 85.3 cm³/mol. The lowest BCUT2D eigenvalue weighted by Crippen LogP contribution is -2.40. The van der Waals surface area contributed by atoms with Crippen LogP contribution in [0.2, 0.25) is 0 Å². The number of rotatable bonds is 4. The summed E-state index contributed by atoms with van der Waals surface area (Å²) in [7, 11) is 1.88. The van der Waals surface area contributed by atoms with Crippen LogP contribution >= 0.6 is 11.3 Å². The Labute approximate surface area is 126 Å². The van der Waals surface area contributed by atoms with Crippen molar-refractivity contribution in [1.82, 2.24) is 4.90 Å². The van der Waals surface area contributed by atoms with Crippen LogP contribution in [0.1, 0.15) is 48.0 Å². The van der Waals surface area contributed by atoms with Gasteiger partial charge >= 0.3 is 0 Å². The van der Waals surface area contributed by atoms with Gasteiger partial charge in [-0.15, -0.1) is 11.3 Å². The van der Waals surface area contributed by atoms with E-state index in [1.807, 2.05) is 11.9 Å². The van der Waals surface area contributed by atoms with Crippen molar-refractivity contribution >= 4 is 17.2 Å². The number of hydrogen-bond acceptors (Lipinski definition) is 3. The minimum atomic E-state index is -0.0327. The minimum absolute atomic E-state index is 0.0327. The van der Waals surface area contributed by atoms with E-state index in [1.165, 1.54) is 16.9 Å². The Hall–Kier alpha value is -0.870. The predicted octanol–water partition coefficient (Wildman–Crippen LogP) is 2.93. The molecule has 1 unspecified atom stereocenters. The van der Waals surface area contributed by atoms with E-state index in [0.29, 0.717) is 13.1 Å². The van der Waals surface area contributed by atoms with Gasteiger partial charge in [0.2, 0.25) is 0 Å². The van der Waals surface area contributed by atoms with Crippen molar-refractivity contribution in [2.24, 2.45) is 17.1 Å². The monoisotopic (exact) mass is 294 g/mol. The van der Waals surface area contributed by atoms with E-state index < -0.39 is 0 Å². The van der Waals surface area contributed by atoms with Gasteiger partial charge in [0.05, 0.1) is 5.56 Å². The van der Waals surface area contributed by atoms with E-state index in [9.17, 15) is 4.79 Å². The third kappa shape index (κ3) is 3.23. The normalized spacial score (nSPS) is 18.8. The maximum Gasteiger partial charge on any atom is 0.254 e. The number of hydrogen-bond donors (Lipinski definition) is 1. The summed E-state index contributed by atoms with van der Waals surface area (Å²) < 4.78 is 0. The Bertz CT molecular complexity index is 493. The first-order valence-corrected chi connectivity index (χ1v) is 8.27. The van der Waals surface area contributed by atoms with Crippen LogP contribution < -0.4 is 5.73 Å². The molecule has 0 fully saturated rings. The summed E-state index contributed by atoms with van der Waals surface area (Å²) in [6.07, 6.45) is 3.38. The molecule has 4 heteroatoms. The molecule has 1 aromatic heterocycles. The highest BCUT2D eigenvalue weighted by atomic mass is 32.1. The second kappa shape index (κ2) is 5.86. The fraction of sp³-hybridized carbons (Fsp3) is 0.688. The van der Waals surface area contributed by atoms with Crippen LogP contribution in [-0.4, -0.2) is 30.9 Å². The van der Waals surface area contributed by atoms with Crippen molar-refractivity contribution in [3.8, 4) is 0 Å². The first-order valence-electron chi connectivity index (χ1n) is 7.39. The quantitative estimate of drug-likeness (QED) is 0.928. The minimum Gasteiger partial charge on any atom is -0.341 e. The fourth-order valence-corrected chi connectivity index (χ4v) is 4.08. The largest absolute Gasteiger partial charge is 0.341 e. The summed E-state index contributed by atoms with van der Waals surface area (Å²) in [4.78, 5) is 15.9. The molecule has 1 aliphatic carbocycles. The topological polar surface area (TPSA) is 46.3 Å². The molecule has 2 rings (SSSR count). The summed E-state index contributed by atoms with van der Waals surface area (Å²) in [5.41, 5.74) is 7.96. The Kier molecular flexibility index (Phi) is 4.55. The maximum atomic E-state index is 12.6. The van der Waals surface area contributed by atoms with Crippen LogP contribution in [0.15, 0.2) is 5.38 Å². The van der Waals surface area contributed by atoms with Crippen molar-refractivity contribution in [2.75, 3.05) is 20.1 Å². The molecule has 0 radical (unpaired) electrons.